The second-order valence-electron chi connectivity index (χ2n) is 5.80. The van der Waals surface area contributed by atoms with Crippen LogP contribution in [0.4, 0.5) is 5.00 Å². The molecule has 4 heterocycles. The molecule has 0 saturated carbocycles. The number of hydrogen-bond acceptors (Lipinski definition) is 7. The second kappa shape index (κ2) is 9.66. The quantitative estimate of drug-likeness (QED) is 0.201. The van der Waals surface area contributed by atoms with Gasteiger partial charge in [-0.05, 0) is 78.0 Å². The van der Waals surface area contributed by atoms with E-state index >= 15 is 0 Å². The average Bonchev–Trinajstić information content (AvgIpc) is 3.56. The number of nitrogens with zero attached hydrogens (tertiary/aromatic N) is 1. The Morgan fingerprint density at radius 2 is 1.03 bits per heavy atom. The molecule has 0 aliphatic rings. The first-order valence-corrected chi connectivity index (χ1v) is 12.0. The topological polar surface area (TPSA) is 52.4 Å². The molecular weight excluding hydrogens is 467 g/mol. The van der Waals surface area contributed by atoms with Gasteiger partial charge in [0.25, 0.3) is 0 Å². The predicted molar refractivity (Wildman–Crippen MR) is 128 cm³/mol. The highest BCUT2D eigenvalue weighted by Gasteiger charge is 2.07. The number of nitro groups is 1. The number of thiophene rings is 4. The zero-order valence-corrected chi connectivity index (χ0v) is 19.2. The SMILES string of the molecule is COc1ccc(C#Cc2ccc(C#Cc3ccc(C#Cc4ccc([N+](=O)[O-])s4)s3)s2)s1. The first-order valence-electron chi connectivity index (χ1n) is 8.73. The standard InChI is InChI=1S/C23H11NO3S4/c1-27-23-15-13-21(31-23)11-9-19-7-5-17(29-19)3-2-16-4-6-18(28-16)8-10-20-12-14-22(30-20)24(25)26/h4-7,12-15H,1H3. The van der Waals surface area contributed by atoms with E-state index in [2.05, 4.69) is 35.5 Å². The Bertz CT molecular complexity index is 1430. The third-order valence-electron chi connectivity index (χ3n) is 3.69. The highest BCUT2D eigenvalue weighted by molar-refractivity contribution is 7.16. The molecule has 150 valence electrons. The molecule has 0 aliphatic carbocycles. The Morgan fingerprint density at radius 1 is 0.645 bits per heavy atom. The normalized spacial score (nSPS) is 9.58. The molecule has 0 bridgehead atoms. The minimum Gasteiger partial charge on any atom is -0.487 e. The molecule has 8 heteroatoms. The summed E-state index contributed by atoms with van der Waals surface area (Å²) in [7, 11) is 1.65. The van der Waals surface area contributed by atoms with E-state index in [1.807, 2.05) is 36.4 Å². The van der Waals surface area contributed by atoms with Crippen LogP contribution in [-0.2, 0) is 0 Å². The molecular formula is C23H11NO3S4. The molecule has 0 fully saturated rings. The Balaban J connectivity index is 1.42. The van der Waals surface area contributed by atoms with Gasteiger partial charge in [0.1, 0.15) is 0 Å². The lowest BCUT2D eigenvalue weighted by Gasteiger charge is -1.87. The average molecular weight is 478 g/mol. The highest BCUT2D eigenvalue weighted by atomic mass is 32.1. The molecule has 4 aromatic heterocycles. The van der Waals surface area contributed by atoms with Gasteiger partial charge in [-0.25, -0.2) is 0 Å². The molecule has 0 unspecified atom stereocenters. The second-order valence-corrected chi connectivity index (χ2v) is 10.1. The fourth-order valence-corrected chi connectivity index (χ4v) is 5.08. The number of rotatable bonds is 2. The van der Waals surface area contributed by atoms with Crippen molar-refractivity contribution in [3.05, 3.63) is 87.9 Å². The van der Waals surface area contributed by atoms with Crippen molar-refractivity contribution in [3.63, 3.8) is 0 Å². The van der Waals surface area contributed by atoms with Crippen LogP contribution in [-0.4, -0.2) is 12.0 Å². The van der Waals surface area contributed by atoms with Gasteiger partial charge in [-0.3, -0.25) is 10.1 Å². The van der Waals surface area contributed by atoms with Crippen molar-refractivity contribution in [2.75, 3.05) is 7.11 Å². The van der Waals surface area contributed by atoms with Crippen LogP contribution in [0.5, 0.6) is 5.06 Å². The van der Waals surface area contributed by atoms with Crippen LogP contribution in [0.15, 0.2) is 48.5 Å². The highest BCUT2D eigenvalue weighted by Crippen LogP contribution is 2.24. The number of hydrogen-bond donors (Lipinski definition) is 0. The first-order chi connectivity index (χ1) is 15.1. The first kappa shape index (κ1) is 20.9. The van der Waals surface area contributed by atoms with Gasteiger partial charge in [-0.15, -0.1) is 22.7 Å². The Labute approximate surface area is 194 Å². The van der Waals surface area contributed by atoms with Gasteiger partial charge in [0.2, 0.25) is 0 Å². The summed E-state index contributed by atoms with van der Waals surface area (Å²) in [6.07, 6.45) is 0. The molecule has 31 heavy (non-hydrogen) atoms. The van der Waals surface area contributed by atoms with Crippen LogP contribution in [0.1, 0.15) is 29.3 Å². The molecule has 0 saturated heterocycles. The van der Waals surface area contributed by atoms with E-state index in [4.69, 9.17) is 4.74 Å². The van der Waals surface area contributed by atoms with Gasteiger partial charge in [0.05, 0.1) is 41.3 Å². The van der Waals surface area contributed by atoms with E-state index in [1.165, 1.54) is 28.7 Å². The van der Waals surface area contributed by atoms with Crippen LogP contribution in [0.25, 0.3) is 0 Å². The molecule has 4 rings (SSSR count). The summed E-state index contributed by atoms with van der Waals surface area (Å²) in [5.41, 5.74) is 0. The monoisotopic (exact) mass is 477 g/mol. The maximum atomic E-state index is 10.7. The summed E-state index contributed by atoms with van der Waals surface area (Å²) in [4.78, 5) is 15.6. The summed E-state index contributed by atoms with van der Waals surface area (Å²) >= 11 is 5.63. The van der Waals surface area contributed by atoms with Gasteiger partial charge in [-0.1, -0.05) is 22.7 Å². The van der Waals surface area contributed by atoms with E-state index in [9.17, 15) is 10.1 Å². The number of methoxy groups -OCH3 is 1. The summed E-state index contributed by atoms with van der Waals surface area (Å²) in [5.74, 6) is 18.6. The Hall–Kier alpha value is -3.32. The van der Waals surface area contributed by atoms with Crippen LogP contribution >= 0.6 is 45.3 Å². The molecule has 0 N–H and O–H groups in total. The molecule has 0 amide bonds. The fourth-order valence-electron chi connectivity index (χ4n) is 2.30. The maximum Gasteiger partial charge on any atom is 0.325 e. The van der Waals surface area contributed by atoms with Crippen molar-refractivity contribution >= 4 is 50.3 Å². The lowest BCUT2D eigenvalue weighted by Crippen LogP contribution is -1.80. The van der Waals surface area contributed by atoms with Gasteiger partial charge in [0.15, 0.2) is 5.06 Å². The lowest BCUT2D eigenvalue weighted by atomic mass is 10.3. The lowest BCUT2D eigenvalue weighted by molar-refractivity contribution is -0.380. The summed E-state index contributed by atoms with van der Waals surface area (Å²) < 4.78 is 5.18. The van der Waals surface area contributed by atoms with Crippen LogP contribution in [0.2, 0.25) is 0 Å². The van der Waals surface area contributed by atoms with Gasteiger partial charge in [-0.2, -0.15) is 0 Å². The number of ether oxygens (including phenoxy) is 1. The fraction of sp³-hybridized carbons (Fsp3) is 0.0435. The smallest absolute Gasteiger partial charge is 0.325 e. The van der Waals surface area contributed by atoms with Crippen LogP contribution < -0.4 is 4.74 Å². The summed E-state index contributed by atoms with van der Waals surface area (Å²) in [6, 6.07) is 14.8. The van der Waals surface area contributed by atoms with E-state index in [-0.39, 0.29) is 5.00 Å². The third-order valence-corrected chi connectivity index (χ3v) is 7.44. The van der Waals surface area contributed by atoms with Crippen molar-refractivity contribution in [1.29, 1.82) is 0 Å². The minimum atomic E-state index is -0.407. The summed E-state index contributed by atoms with van der Waals surface area (Å²) in [5, 5.41) is 11.7. The van der Waals surface area contributed by atoms with Crippen molar-refractivity contribution in [3.8, 4) is 40.6 Å². The van der Waals surface area contributed by atoms with E-state index in [1.54, 1.807) is 24.5 Å². The predicted octanol–water partition coefficient (Wildman–Crippen LogP) is 6.05. The van der Waals surface area contributed by atoms with Gasteiger partial charge in [0, 0.05) is 6.07 Å². The van der Waals surface area contributed by atoms with Crippen molar-refractivity contribution in [2.45, 2.75) is 0 Å². The van der Waals surface area contributed by atoms with Crippen LogP contribution in [0.3, 0.4) is 0 Å². The largest absolute Gasteiger partial charge is 0.487 e. The molecule has 4 nitrogen and oxygen atoms in total. The van der Waals surface area contributed by atoms with Crippen molar-refractivity contribution in [2.24, 2.45) is 0 Å². The molecule has 0 spiro atoms. The summed E-state index contributed by atoms with van der Waals surface area (Å²) in [6.45, 7) is 0. The van der Waals surface area contributed by atoms with E-state index in [0.29, 0.717) is 4.88 Å². The molecule has 0 atom stereocenters. The molecule has 0 aromatic carbocycles. The van der Waals surface area contributed by atoms with Crippen molar-refractivity contribution < 1.29 is 9.66 Å². The third kappa shape index (κ3) is 5.64. The Kier molecular flexibility index (Phi) is 6.52. The minimum absolute atomic E-state index is 0.0946. The van der Waals surface area contributed by atoms with Crippen LogP contribution in [0, 0.1) is 45.6 Å². The van der Waals surface area contributed by atoms with E-state index in [0.717, 1.165) is 40.8 Å². The van der Waals surface area contributed by atoms with Gasteiger partial charge < -0.3 is 4.74 Å². The molecule has 0 aliphatic heterocycles. The van der Waals surface area contributed by atoms with Gasteiger partial charge >= 0.3 is 5.00 Å². The van der Waals surface area contributed by atoms with E-state index < -0.39 is 4.92 Å². The zero-order chi connectivity index (χ0) is 21.6. The zero-order valence-electron chi connectivity index (χ0n) is 15.9. The van der Waals surface area contributed by atoms with Crippen molar-refractivity contribution in [1.82, 2.24) is 0 Å². The molecule has 0 radical (unpaired) electrons. The Morgan fingerprint density at radius 3 is 1.42 bits per heavy atom. The maximum absolute atomic E-state index is 10.7. The molecule has 4 aromatic rings.